The number of ether oxygens (including phenoxy) is 1. The van der Waals surface area contributed by atoms with Gasteiger partial charge in [-0.1, -0.05) is 0 Å². The van der Waals surface area contributed by atoms with E-state index in [-0.39, 0.29) is 11.9 Å². The summed E-state index contributed by atoms with van der Waals surface area (Å²) in [6.45, 7) is 0.592. The summed E-state index contributed by atoms with van der Waals surface area (Å²) in [7, 11) is 3.16. The van der Waals surface area contributed by atoms with E-state index in [4.69, 9.17) is 4.74 Å². The lowest BCUT2D eigenvalue weighted by Gasteiger charge is -2.32. The van der Waals surface area contributed by atoms with Crippen molar-refractivity contribution in [3.63, 3.8) is 0 Å². The van der Waals surface area contributed by atoms with Crippen LogP contribution in [-0.4, -0.2) is 46.3 Å². The lowest BCUT2D eigenvalue weighted by molar-refractivity contribution is -0.153. The lowest BCUT2D eigenvalue weighted by atomic mass is 10.0. The molecule has 2 heterocycles. The van der Waals surface area contributed by atoms with Crippen molar-refractivity contribution < 1.29 is 14.3 Å². The number of methoxy groups -OCH3 is 1. The van der Waals surface area contributed by atoms with Crippen LogP contribution in [0.5, 0.6) is 0 Å². The summed E-state index contributed by atoms with van der Waals surface area (Å²) >= 11 is 0. The van der Waals surface area contributed by atoms with Gasteiger partial charge < -0.3 is 9.64 Å². The van der Waals surface area contributed by atoms with E-state index in [0.29, 0.717) is 13.0 Å². The quantitative estimate of drug-likeness (QED) is 0.610. The van der Waals surface area contributed by atoms with Crippen LogP contribution in [0.2, 0.25) is 0 Å². The maximum Gasteiger partial charge on any atom is 0.328 e. The molecule has 0 aliphatic carbocycles. The van der Waals surface area contributed by atoms with Gasteiger partial charge in [0.25, 0.3) is 0 Å². The highest BCUT2D eigenvalue weighted by Crippen LogP contribution is 2.18. The van der Waals surface area contributed by atoms with Gasteiger partial charge in [-0.25, -0.2) is 4.79 Å². The van der Waals surface area contributed by atoms with Crippen LogP contribution in [0, 0.1) is 0 Å². The van der Waals surface area contributed by atoms with Crippen molar-refractivity contribution in [3.05, 3.63) is 24.0 Å². The Bertz CT molecular complexity index is 521. The minimum absolute atomic E-state index is 0.165. The minimum Gasteiger partial charge on any atom is -0.467 e. The Hall–Kier alpha value is -2.11. The third kappa shape index (κ3) is 3.07. The molecule has 1 aromatic heterocycles. The fourth-order valence-corrected chi connectivity index (χ4v) is 2.38. The van der Waals surface area contributed by atoms with Crippen LogP contribution in [0.15, 0.2) is 18.3 Å². The summed E-state index contributed by atoms with van der Waals surface area (Å²) in [4.78, 5) is 25.5. The zero-order chi connectivity index (χ0) is 14.5. The van der Waals surface area contributed by atoms with Gasteiger partial charge >= 0.3 is 5.97 Å². The molecule has 1 aromatic rings. The van der Waals surface area contributed by atoms with Crippen molar-refractivity contribution >= 4 is 18.0 Å². The molecule has 1 amide bonds. The first-order chi connectivity index (χ1) is 9.63. The Morgan fingerprint density at radius 3 is 2.90 bits per heavy atom. The number of esters is 1. The summed E-state index contributed by atoms with van der Waals surface area (Å²) in [6, 6.07) is 1.36. The first kappa shape index (κ1) is 14.3. The van der Waals surface area contributed by atoms with Crippen LogP contribution in [0.3, 0.4) is 0 Å². The first-order valence-electron chi connectivity index (χ1n) is 6.68. The van der Waals surface area contributed by atoms with E-state index in [0.717, 1.165) is 18.5 Å². The Labute approximate surface area is 118 Å². The van der Waals surface area contributed by atoms with Gasteiger partial charge in [0.05, 0.1) is 12.8 Å². The number of carbonyl (C=O) groups excluding carboxylic acids is 2. The molecule has 108 valence electrons. The normalized spacial score (nSPS) is 19.3. The Morgan fingerprint density at radius 1 is 1.45 bits per heavy atom. The fraction of sp³-hybridized carbons (Fsp3) is 0.500. The van der Waals surface area contributed by atoms with E-state index < -0.39 is 6.04 Å². The fourth-order valence-electron chi connectivity index (χ4n) is 2.38. The molecule has 1 atom stereocenters. The van der Waals surface area contributed by atoms with Gasteiger partial charge in [-0.3, -0.25) is 9.48 Å². The van der Waals surface area contributed by atoms with Crippen molar-refractivity contribution in [2.75, 3.05) is 13.7 Å². The summed E-state index contributed by atoms with van der Waals surface area (Å²) < 4.78 is 6.45. The predicted molar refractivity (Wildman–Crippen MR) is 73.6 cm³/mol. The van der Waals surface area contributed by atoms with E-state index in [2.05, 4.69) is 5.10 Å². The number of aromatic nitrogens is 2. The monoisotopic (exact) mass is 277 g/mol. The van der Waals surface area contributed by atoms with Gasteiger partial charge in [-0.15, -0.1) is 0 Å². The van der Waals surface area contributed by atoms with Crippen molar-refractivity contribution in [1.29, 1.82) is 0 Å². The maximum atomic E-state index is 12.2. The van der Waals surface area contributed by atoms with Crippen molar-refractivity contribution in [3.8, 4) is 0 Å². The molecule has 1 aliphatic heterocycles. The zero-order valence-corrected chi connectivity index (χ0v) is 11.8. The number of hydrogen-bond acceptors (Lipinski definition) is 4. The average Bonchev–Trinajstić information content (AvgIpc) is 2.89. The van der Waals surface area contributed by atoms with E-state index in [9.17, 15) is 9.59 Å². The van der Waals surface area contributed by atoms with Crippen LogP contribution in [0.25, 0.3) is 6.08 Å². The highest BCUT2D eigenvalue weighted by Gasteiger charge is 2.31. The number of likely N-dealkylation sites (tertiary alicyclic amines) is 1. The Balaban J connectivity index is 2.08. The second-order valence-electron chi connectivity index (χ2n) is 4.78. The summed E-state index contributed by atoms with van der Waals surface area (Å²) in [5.74, 6) is -0.506. The average molecular weight is 277 g/mol. The highest BCUT2D eigenvalue weighted by atomic mass is 16.5. The molecule has 0 radical (unpaired) electrons. The molecule has 1 saturated heterocycles. The van der Waals surface area contributed by atoms with Crippen LogP contribution in [0.1, 0.15) is 25.0 Å². The van der Waals surface area contributed by atoms with Crippen molar-refractivity contribution in [2.24, 2.45) is 7.05 Å². The number of aryl methyl sites for hydroxylation is 1. The van der Waals surface area contributed by atoms with Gasteiger partial charge in [0.15, 0.2) is 0 Å². The lowest BCUT2D eigenvalue weighted by Crippen LogP contribution is -2.47. The minimum atomic E-state index is -0.461. The van der Waals surface area contributed by atoms with E-state index >= 15 is 0 Å². The molecule has 6 heteroatoms. The third-order valence-electron chi connectivity index (χ3n) is 3.51. The van der Waals surface area contributed by atoms with Gasteiger partial charge in [0, 0.05) is 25.9 Å². The summed E-state index contributed by atoms with van der Waals surface area (Å²) in [5.41, 5.74) is 0.838. The van der Waals surface area contributed by atoms with Crippen LogP contribution < -0.4 is 0 Å². The molecule has 2 rings (SSSR count). The molecule has 1 unspecified atom stereocenters. The largest absolute Gasteiger partial charge is 0.467 e. The second-order valence-corrected chi connectivity index (χ2v) is 4.78. The number of hydrogen-bond donors (Lipinski definition) is 0. The van der Waals surface area contributed by atoms with Gasteiger partial charge in [-0.2, -0.15) is 5.10 Å². The van der Waals surface area contributed by atoms with E-state index in [1.165, 1.54) is 13.2 Å². The molecule has 1 fully saturated rings. The predicted octanol–water partition coefficient (Wildman–Crippen LogP) is 0.987. The van der Waals surface area contributed by atoms with Gasteiger partial charge in [-0.05, 0) is 31.4 Å². The van der Waals surface area contributed by atoms with E-state index in [1.54, 1.807) is 21.9 Å². The second kappa shape index (κ2) is 6.36. The first-order valence-corrected chi connectivity index (χ1v) is 6.68. The molecular weight excluding hydrogens is 258 g/mol. The van der Waals surface area contributed by atoms with Crippen LogP contribution in [-0.2, 0) is 21.4 Å². The van der Waals surface area contributed by atoms with Gasteiger partial charge in [0.2, 0.25) is 5.91 Å². The third-order valence-corrected chi connectivity index (χ3v) is 3.51. The molecule has 6 nitrogen and oxygen atoms in total. The zero-order valence-electron chi connectivity index (χ0n) is 11.8. The molecule has 0 saturated carbocycles. The number of carbonyl (C=O) groups is 2. The molecule has 0 bridgehead atoms. The Kier molecular flexibility index (Phi) is 4.55. The summed E-state index contributed by atoms with van der Waals surface area (Å²) in [6.07, 6.45) is 7.38. The highest BCUT2D eigenvalue weighted by molar-refractivity contribution is 5.94. The summed E-state index contributed by atoms with van der Waals surface area (Å²) in [5, 5.41) is 4.03. The molecular formula is C14H19N3O3. The molecule has 1 aliphatic rings. The van der Waals surface area contributed by atoms with Crippen LogP contribution in [0.4, 0.5) is 0 Å². The molecule has 0 spiro atoms. The number of piperidine rings is 1. The molecule has 0 aromatic carbocycles. The Morgan fingerprint density at radius 2 is 2.25 bits per heavy atom. The standard InChI is InChI=1S/C14H19N3O3/c1-16-11(8-9-15-16)6-7-13(18)17-10-4-3-5-12(17)14(19)20-2/h6-9,12H,3-5,10H2,1-2H3/b7-6+. The van der Waals surface area contributed by atoms with E-state index in [1.807, 2.05) is 13.1 Å². The number of nitrogens with zero attached hydrogens (tertiary/aromatic N) is 3. The SMILES string of the molecule is COC(=O)C1CCCCN1C(=O)/C=C/c1ccnn1C. The van der Waals surface area contributed by atoms with Crippen LogP contribution >= 0.6 is 0 Å². The van der Waals surface area contributed by atoms with Crippen molar-refractivity contribution in [1.82, 2.24) is 14.7 Å². The maximum absolute atomic E-state index is 12.2. The molecule has 20 heavy (non-hydrogen) atoms. The number of rotatable bonds is 3. The topological polar surface area (TPSA) is 64.4 Å². The smallest absolute Gasteiger partial charge is 0.328 e. The van der Waals surface area contributed by atoms with Gasteiger partial charge in [0.1, 0.15) is 6.04 Å². The molecule has 0 N–H and O–H groups in total. The van der Waals surface area contributed by atoms with Crippen molar-refractivity contribution in [2.45, 2.75) is 25.3 Å². The number of amides is 1.